The van der Waals surface area contributed by atoms with Gasteiger partial charge in [0.25, 0.3) is 0 Å². The molecule has 6 nitrogen and oxygen atoms in total. The molecule has 0 saturated carbocycles. The van der Waals surface area contributed by atoms with E-state index in [-0.39, 0.29) is 0 Å². The van der Waals surface area contributed by atoms with Crippen LogP contribution in [0.1, 0.15) is 27.7 Å². The minimum atomic E-state index is -6.00. The van der Waals surface area contributed by atoms with Crippen LogP contribution in [0, 0.1) is 50.2 Å². The number of rotatable bonds is 0. The van der Waals surface area contributed by atoms with Gasteiger partial charge in [-0.2, -0.15) is 21.0 Å². The van der Waals surface area contributed by atoms with Crippen LogP contribution in [0.25, 0.3) is 0 Å². The zero-order chi connectivity index (χ0) is 22.5. The van der Waals surface area contributed by atoms with Crippen LogP contribution in [-0.2, 0) is 18.5 Å². The van der Waals surface area contributed by atoms with E-state index in [1.165, 1.54) is 27.7 Å². The zero-order valence-corrected chi connectivity index (χ0v) is 14.8. The third kappa shape index (κ3) is 1680. The van der Waals surface area contributed by atoms with Crippen molar-refractivity contribution in [2.75, 3.05) is 0 Å². The number of nitroso groups, excluding NO2 is 1. The molecule has 0 aliphatic heterocycles. The molecule has 0 fully saturated rings. The molecule has 0 heterocycles. The number of nitrogens with zero attached hydrogens (tertiary/aromatic N) is 5. The molecule has 0 aromatic heterocycles. The first kappa shape index (κ1) is 43.4. The first-order valence-corrected chi connectivity index (χ1v) is 5.70. The zero-order valence-electron chi connectivity index (χ0n) is 13.2. The normalized spacial score (nSPS) is 6.64. The molecule has 17 heteroatoms. The second kappa shape index (κ2) is 43.0. The molecule has 148 valence electrons. The van der Waals surface area contributed by atoms with E-state index in [2.05, 4.69) is 3.92 Å². The van der Waals surface area contributed by atoms with Crippen molar-refractivity contribution in [3.63, 3.8) is 0 Å². The van der Waals surface area contributed by atoms with Crippen molar-refractivity contribution in [2.24, 2.45) is 3.92 Å². The molecule has 0 amide bonds. The molecule has 0 atom stereocenters. The Labute approximate surface area is 150 Å². The van der Waals surface area contributed by atoms with Crippen LogP contribution in [0.4, 0.5) is 34.5 Å². The van der Waals surface area contributed by atoms with Gasteiger partial charge in [-0.1, -0.05) is 0 Å². The standard InChI is InChI=1S/4C2H3N.2BF4.NO.Rh/c4*1-2-3;2*2-1(3,4)5;1-2;/h4*1H3;;;;/q;;;;3*-1;+1. The third-order valence-corrected chi connectivity index (χ3v) is 0. The molecule has 0 aliphatic rings. The van der Waals surface area contributed by atoms with Gasteiger partial charge in [0.05, 0.1) is 24.3 Å². The molecule has 0 rings (SSSR count). The quantitative estimate of drug-likeness (QED) is 0.282. The van der Waals surface area contributed by atoms with Crippen LogP contribution < -0.4 is 0 Å². The van der Waals surface area contributed by atoms with Crippen molar-refractivity contribution in [1.82, 2.24) is 0 Å². The number of hydrogen-bond donors (Lipinski definition) is 0. The van der Waals surface area contributed by atoms with Crippen molar-refractivity contribution >= 4 is 14.5 Å². The van der Waals surface area contributed by atoms with Crippen LogP contribution in [0.5, 0.6) is 0 Å². The molecule has 0 radical (unpaired) electrons. The predicted octanol–water partition coefficient (Wildman–Crippen LogP) is 4.93. The van der Waals surface area contributed by atoms with E-state index in [0.29, 0.717) is 0 Å². The van der Waals surface area contributed by atoms with Crippen LogP contribution in [-0.4, -0.2) is 14.5 Å². The number of hydrogen-bond acceptors (Lipinski definition) is 6. The van der Waals surface area contributed by atoms with Gasteiger partial charge in [-0.15, -0.1) is 0 Å². The summed E-state index contributed by atoms with van der Waals surface area (Å²) in [6.07, 6.45) is 0. The van der Waals surface area contributed by atoms with Crippen molar-refractivity contribution < 1.29 is 53.1 Å². The topological polar surface area (TPSA) is 125 Å². The summed E-state index contributed by atoms with van der Waals surface area (Å²) < 4.78 is 80.1. The van der Waals surface area contributed by atoms with Gasteiger partial charge in [-0.3, -0.25) is 0 Å². The molecule has 0 spiro atoms. The van der Waals surface area contributed by atoms with Crippen LogP contribution in [0.15, 0.2) is 3.92 Å². The Balaban J connectivity index is -0.0000000308. The van der Waals surface area contributed by atoms with E-state index in [1.807, 2.05) is 0 Å². The maximum atomic E-state index is 9.75. The van der Waals surface area contributed by atoms with Gasteiger partial charge in [0, 0.05) is 27.7 Å². The van der Waals surface area contributed by atoms with Crippen LogP contribution in [0.3, 0.4) is 0 Å². The molecule has 0 bridgehead atoms. The molecule has 25 heavy (non-hydrogen) atoms. The van der Waals surface area contributed by atoms with E-state index < -0.39 is 14.5 Å². The van der Waals surface area contributed by atoms with Gasteiger partial charge in [-0.25, -0.2) is 0 Å². The maximum absolute atomic E-state index is 9.75. The van der Waals surface area contributed by atoms with E-state index in [0.717, 1.165) is 0 Å². The first-order chi connectivity index (χ1) is 11.1. The van der Waals surface area contributed by atoms with E-state index in [4.69, 9.17) is 26.0 Å². The fraction of sp³-hybridized carbons (Fsp3) is 0.500. The van der Waals surface area contributed by atoms with Crippen LogP contribution >= 0.6 is 0 Å². The third-order valence-electron chi connectivity index (χ3n) is 0. The summed E-state index contributed by atoms with van der Waals surface area (Å²) >= 11 is 1.79. The Morgan fingerprint density at radius 2 is 0.640 bits per heavy atom. The van der Waals surface area contributed by atoms with Crippen molar-refractivity contribution in [1.29, 1.82) is 21.0 Å². The Morgan fingerprint density at radius 1 is 0.640 bits per heavy atom. The first-order valence-electron chi connectivity index (χ1n) is 4.97. The monoisotopic (exact) mass is 471 g/mol. The Hall–Kier alpha value is -2.25. The van der Waals surface area contributed by atoms with Gasteiger partial charge in [0.15, 0.2) is 0 Å². The van der Waals surface area contributed by atoms with Crippen molar-refractivity contribution in [3.8, 4) is 24.3 Å². The number of halogens is 8. The molecule has 0 unspecified atom stereocenters. The summed E-state index contributed by atoms with van der Waals surface area (Å²) in [6, 6.07) is 7.00. The summed E-state index contributed by atoms with van der Waals surface area (Å²) in [5.41, 5.74) is 0. The molecular formula is C8H12B2F8N5ORh-2. The average Bonchev–Trinajstić information content (AvgIpc) is 2.28. The SMILES string of the molecule is CC#N.CC#N.CC#N.CC#N.F[B-](F)(F)F.F[B-](F)(F)F.O=[N][Rh]. The Bertz CT molecular complexity index is 336. The Kier molecular flexibility index (Phi) is 74.7. The summed E-state index contributed by atoms with van der Waals surface area (Å²) in [7, 11) is -12.0. The van der Waals surface area contributed by atoms with Crippen molar-refractivity contribution in [3.05, 3.63) is 4.91 Å². The van der Waals surface area contributed by atoms with Gasteiger partial charge >= 0.3 is 41.9 Å². The van der Waals surface area contributed by atoms with E-state index in [1.54, 1.807) is 42.8 Å². The Morgan fingerprint density at radius 3 is 0.640 bits per heavy atom. The molecule has 0 saturated heterocycles. The molecule has 0 N–H and O–H groups in total. The van der Waals surface area contributed by atoms with E-state index in [9.17, 15) is 34.5 Å². The van der Waals surface area contributed by atoms with Gasteiger partial charge in [-0.05, 0) is 0 Å². The second-order valence-corrected chi connectivity index (χ2v) is 2.24. The average molecular weight is 471 g/mol. The summed E-state index contributed by atoms with van der Waals surface area (Å²) in [4.78, 5) is 8.51. The second-order valence-electron chi connectivity index (χ2n) is 1.95. The summed E-state index contributed by atoms with van der Waals surface area (Å²) in [5.74, 6) is 0. The molecule has 0 aromatic carbocycles. The minimum absolute atomic E-state index is 1.43. The molecule has 0 aromatic rings. The fourth-order valence-corrected chi connectivity index (χ4v) is 0. The van der Waals surface area contributed by atoms with Gasteiger partial charge in [0.1, 0.15) is 0 Å². The van der Waals surface area contributed by atoms with Gasteiger partial charge in [0.2, 0.25) is 0 Å². The fourth-order valence-electron chi connectivity index (χ4n) is 0. The van der Waals surface area contributed by atoms with Crippen LogP contribution in [0.2, 0.25) is 0 Å². The van der Waals surface area contributed by atoms with E-state index >= 15 is 0 Å². The van der Waals surface area contributed by atoms with Crippen molar-refractivity contribution in [2.45, 2.75) is 27.7 Å². The molecular weight excluding hydrogens is 459 g/mol. The number of nitriles is 4. The summed E-state index contributed by atoms with van der Waals surface area (Å²) in [5, 5.41) is 29.3. The predicted molar refractivity (Wildman–Crippen MR) is 71.3 cm³/mol. The summed E-state index contributed by atoms with van der Waals surface area (Å²) in [6.45, 7) is 5.72. The molecule has 0 aliphatic carbocycles. The van der Waals surface area contributed by atoms with Gasteiger partial charge < -0.3 is 34.5 Å².